The van der Waals surface area contributed by atoms with Gasteiger partial charge in [0.25, 0.3) is 0 Å². The molecule has 0 aliphatic heterocycles. The lowest BCUT2D eigenvalue weighted by molar-refractivity contribution is -0.114. The quantitative estimate of drug-likeness (QED) is 0.875. The monoisotopic (exact) mass is 274 g/mol. The number of hydrogen-bond donors (Lipinski definition) is 2. The maximum Gasteiger partial charge on any atom is 0.221 e. The molecule has 0 spiro atoms. The van der Waals surface area contributed by atoms with Crippen LogP contribution in [0, 0.1) is 0 Å². The van der Waals surface area contributed by atoms with Gasteiger partial charge in [0.2, 0.25) is 5.91 Å². The summed E-state index contributed by atoms with van der Waals surface area (Å²) in [4.78, 5) is 12.2. The van der Waals surface area contributed by atoms with E-state index in [-0.39, 0.29) is 11.9 Å². The third-order valence-corrected chi connectivity index (χ3v) is 3.85. The number of carbonyl (C=O) groups excluding carboxylic acids is 1. The fraction of sp³-hybridized carbons (Fsp3) is 0.267. The van der Waals surface area contributed by atoms with Crippen molar-refractivity contribution in [2.24, 2.45) is 0 Å². The third kappa shape index (κ3) is 3.91. The maximum absolute atomic E-state index is 11.1. The molecule has 2 rings (SSSR count). The van der Waals surface area contributed by atoms with Gasteiger partial charge >= 0.3 is 0 Å². The van der Waals surface area contributed by atoms with Crippen molar-refractivity contribution in [3.63, 3.8) is 0 Å². The van der Waals surface area contributed by atoms with Crippen LogP contribution in [0.4, 0.5) is 5.69 Å². The summed E-state index contributed by atoms with van der Waals surface area (Å²) in [6.07, 6.45) is 0. The molecule has 0 aliphatic rings. The number of hydrogen-bond acceptors (Lipinski definition) is 3. The van der Waals surface area contributed by atoms with E-state index in [1.54, 1.807) is 11.3 Å². The van der Waals surface area contributed by atoms with Gasteiger partial charge in [-0.2, -0.15) is 0 Å². The van der Waals surface area contributed by atoms with Crippen LogP contribution in [0.15, 0.2) is 41.8 Å². The van der Waals surface area contributed by atoms with Crippen LogP contribution in [-0.4, -0.2) is 5.91 Å². The Balaban J connectivity index is 1.95. The van der Waals surface area contributed by atoms with Gasteiger partial charge in [-0.3, -0.25) is 4.79 Å². The Bertz CT molecular complexity index is 536. The van der Waals surface area contributed by atoms with E-state index >= 15 is 0 Å². The lowest BCUT2D eigenvalue weighted by Crippen LogP contribution is -2.18. The summed E-state index contributed by atoms with van der Waals surface area (Å²) < 4.78 is 0. The summed E-state index contributed by atoms with van der Waals surface area (Å²) in [5.41, 5.74) is 2.17. The molecule has 0 saturated carbocycles. The van der Waals surface area contributed by atoms with Crippen LogP contribution in [0.2, 0.25) is 0 Å². The van der Waals surface area contributed by atoms with Crippen molar-refractivity contribution in [1.29, 1.82) is 0 Å². The Morgan fingerprint density at radius 3 is 2.68 bits per heavy atom. The molecule has 1 aromatic heterocycles. The van der Waals surface area contributed by atoms with E-state index in [1.165, 1.54) is 12.5 Å². The van der Waals surface area contributed by atoms with Gasteiger partial charge in [-0.05, 0) is 23.9 Å². The molecule has 1 heterocycles. The molecule has 100 valence electrons. The zero-order valence-electron chi connectivity index (χ0n) is 11.1. The van der Waals surface area contributed by atoms with Gasteiger partial charge < -0.3 is 10.6 Å². The van der Waals surface area contributed by atoms with E-state index in [0.717, 1.165) is 17.1 Å². The lowest BCUT2D eigenvalue weighted by Gasteiger charge is -2.14. The molecule has 0 fully saturated rings. The highest BCUT2D eigenvalue weighted by Gasteiger charge is 2.08. The first-order chi connectivity index (χ1) is 9.16. The molecule has 2 aromatic rings. The summed E-state index contributed by atoms with van der Waals surface area (Å²) in [5.74, 6) is -0.0317. The van der Waals surface area contributed by atoms with Crippen LogP contribution in [-0.2, 0) is 11.3 Å². The van der Waals surface area contributed by atoms with Gasteiger partial charge in [-0.25, -0.2) is 0 Å². The van der Waals surface area contributed by atoms with Crippen LogP contribution in [0.25, 0.3) is 0 Å². The second-order valence-corrected chi connectivity index (χ2v) is 5.45. The summed E-state index contributed by atoms with van der Waals surface area (Å²) in [6, 6.07) is 12.6. The summed E-state index contributed by atoms with van der Waals surface area (Å²) >= 11 is 1.65. The van der Waals surface area contributed by atoms with Gasteiger partial charge in [-0.15, -0.1) is 11.3 Å². The largest absolute Gasteiger partial charge is 0.325 e. The van der Waals surface area contributed by atoms with E-state index < -0.39 is 0 Å². The van der Waals surface area contributed by atoms with Crippen molar-refractivity contribution in [3.05, 3.63) is 52.2 Å². The Labute approximate surface area is 117 Å². The fourth-order valence-electron chi connectivity index (χ4n) is 1.88. The molecule has 1 amide bonds. The normalized spacial score (nSPS) is 12.1. The van der Waals surface area contributed by atoms with E-state index in [2.05, 4.69) is 29.7 Å². The maximum atomic E-state index is 11.1. The van der Waals surface area contributed by atoms with Crippen molar-refractivity contribution in [3.8, 4) is 0 Å². The van der Waals surface area contributed by atoms with Crippen molar-refractivity contribution in [2.45, 2.75) is 26.4 Å². The number of thiophene rings is 1. The van der Waals surface area contributed by atoms with Gasteiger partial charge in [0.15, 0.2) is 0 Å². The van der Waals surface area contributed by atoms with Crippen LogP contribution in [0.1, 0.15) is 30.3 Å². The number of rotatable bonds is 5. The van der Waals surface area contributed by atoms with E-state index in [0.29, 0.717) is 0 Å². The summed E-state index contributed by atoms with van der Waals surface area (Å²) in [5, 5.41) is 8.32. The van der Waals surface area contributed by atoms with Crippen LogP contribution in [0.5, 0.6) is 0 Å². The highest BCUT2D eigenvalue weighted by molar-refractivity contribution is 7.10. The van der Waals surface area contributed by atoms with Crippen LogP contribution in [0.3, 0.4) is 0 Å². The first-order valence-electron chi connectivity index (χ1n) is 6.29. The molecule has 0 radical (unpaired) electrons. The lowest BCUT2D eigenvalue weighted by atomic mass is 10.1. The molecule has 4 heteroatoms. The Hall–Kier alpha value is -1.65. The SMILES string of the molecule is CC(=O)Nc1ccsc1CN[C@@H](C)c1ccccc1. The van der Waals surface area contributed by atoms with Crippen molar-refractivity contribution in [1.82, 2.24) is 5.32 Å². The highest BCUT2D eigenvalue weighted by atomic mass is 32.1. The second-order valence-electron chi connectivity index (χ2n) is 4.45. The number of anilines is 1. The van der Waals surface area contributed by atoms with Crippen molar-refractivity contribution >= 4 is 22.9 Å². The molecule has 2 N–H and O–H groups in total. The summed E-state index contributed by atoms with van der Waals surface area (Å²) in [7, 11) is 0. The van der Waals surface area contributed by atoms with Crippen LogP contribution >= 0.6 is 11.3 Å². The zero-order chi connectivity index (χ0) is 13.7. The molecule has 0 unspecified atom stereocenters. The molecule has 1 atom stereocenters. The zero-order valence-corrected chi connectivity index (χ0v) is 12.0. The first kappa shape index (κ1) is 13.8. The third-order valence-electron chi connectivity index (χ3n) is 2.92. The molecular formula is C15H18N2OS. The minimum atomic E-state index is -0.0317. The second kappa shape index (κ2) is 6.50. The van der Waals surface area contributed by atoms with E-state index in [1.807, 2.05) is 29.6 Å². The molecule has 19 heavy (non-hydrogen) atoms. The molecule has 1 aromatic carbocycles. The van der Waals surface area contributed by atoms with Crippen molar-refractivity contribution < 1.29 is 4.79 Å². The molecule has 3 nitrogen and oxygen atoms in total. The predicted molar refractivity (Wildman–Crippen MR) is 80.3 cm³/mol. The molecule has 0 aliphatic carbocycles. The van der Waals surface area contributed by atoms with Gasteiger partial charge in [0.05, 0.1) is 5.69 Å². The highest BCUT2D eigenvalue weighted by Crippen LogP contribution is 2.23. The molecule has 0 saturated heterocycles. The summed E-state index contributed by atoms with van der Waals surface area (Å²) in [6.45, 7) is 4.42. The minimum Gasteiger partial charge on any atom is -0.325 e. The molecule has 0 bridgehead atoms. The van der Waals surface area contributed by atoms with Crippen LogP contribution < -0.4 is 10.6 Å². The number of nitrogens with one attached hydrogen (secondary N) is 2. The van der Waals surface area contributed by atoms with E-state index in [4.69, 9.17) is 0 Å². The average molecular weight is 274 g/mol. The Morgan fingerprint density at radius 2 is 2.00 bits per heavy atom. The standard InChI is InChI=1S/C15H18N2OS/c1-11(13-6-4-3-5-7-13)16-10-15-14(8-9-19-15)17-12(2)18/h3-9,11,16H,10H2,1-2H3,(H,17,18)/t11-/m0/s1. The van der Waals surface area contributed by atoms with Crippen molar-refractivity contribution in [2.75, 3.05) is 5.32 Å². The number of carbonyl (C=O) groups is 1. The minimum absolute atomic E-state index is 0.0317. The van der Waals surface area contributed by atoms with Gasteiger partial charge in [0, 0.05) is 24.4 Å². The van der Waals surface area contributed by atoms with E-state index in [9.17, 15) is 4.79 Å². The Morgan fingerprint density at radius 1 is 1.26 bits per heavy atom. The molecular weight excluding hydrogens is 256 g/mol. The Kier molecular flexibility index (Phi) is 4.71. The smallest absolute Gasteiger partial charge is 0.221 e. The topological polar surface area (TPSA) is 41.1 Å². The van der Waals surface area contributed by atoms with Gasteiger partial charge in [0.1, 0.15) is 0 Å². The fourth-order valence-corrected chi connectivity index (χ4v) is 2.66. The van der Waals surface area contributed by atoms with Gasteiger partial charge in [-0.1, -0.05) is 30.3 Å². The number of amides is 1. The number of benzene rings is 1. The average Bonchev–Trinajstić information content (AvgIpc) is 2.83. The first-order valence-corrected chi connectivity index (χ1v) is 7.17. The predicted octanol–water partition coefficient (Wildman–Crippen LogP) is 3.56.